The summed E-state index contributed by atoms with van der Waals surface area (Å²) in [5.41, 5.74) is 1.10. The van der Waals surface area contributed by atoms with Gasteiger partial charge in [0.05, 0.1) is 11.5 Å². The summed E-state index contributed by atoms with van der Waals surface area (Å²) in [6, 6.07) is 12.5. The van der Waals surface area contributed by atoms with E-state index in [4.69, 9.17) is 9.47 Å². The van der Waals surface area contributed by atoms with Crippen LogP contribution < -0.4 is 10.6 Å². The summed E-state index contributed by atoms with van der Waals surface area (Å²) >= 11 is 0. The zero-order valence-corrected chi connectivity index (χ0v) is 18.7. The molecule has 0 aliphatic carbocycles. The predicted molar refractivity (Wildman–Crippen MR) is 120 cm³/mol. The quantitative estimate of drug-likeness (QED) is 0.583. The Hall–Kier alpha value is -2.95. The predicted octanol–water partition coefficient (Wildman–Crippen LogP) is 3.31. The number of anilines is 2. The van der Waals surface area contributed by atoms with Crippen molar-refractivity contribution in [2.24, 2.45) is 0 Å². The van der Waals surface area contributed by atoms with E-state index in [0.29, 0.717) is 24.5 Å². The van der Waals surface area contributed by atoms with Gasteiger partial charge in [-0.1, -0.05) is 18.6 Å². The van der Waals surface area contributed by atoms with Gasteiger partial charge in [-0.3, -0.25) is 10.1 Å². The van der Waals surface area contributed by atoms with E-state index in [0.717, 1.165) is 19.3 Å². The number of carbonyl (C=O) groups excluding carboxylic acids is 2. The van der Waals surface area contributed by atoms with Crippen LogP contribution in [0.15, 0.2) is 53.4 Å². The zero-order chi connectivity index (χ0) is 23.0. The van der Waals surface area contributed by atoms with Gasteiger partial charge in [-0.25, -0.2) is 13.2 Å². The first kappa shape index (κ1) is 23.7. The van der Waals surface area contributed by atoms with Gasteiger partial charge in [-0.2, -0.15) is 4.31 Å². The molecule has 0 unspecified atom stereocenters. The van der Waals surface area contributed by atoms with Crippen molar-refractivity contribution in [3.8, 4) is 0 Å². The minimum atomic E-state index is -3.64. The van der Waals surface area contributed by atoms with Crippen LogP contribution in [0.4, 0.5) is 16.2 Å². The molecule has 0 atom stereocenters. The third-order valence-electron chi connectivity index (χ3n) is 4.94. The second-order valence-corrected chi connectivity index (χ2v) is 9.22. The number of carbonyl (C=O) groups is 2. The fourth-order valence-electron chi connectivity index (χ4n) is 3.30. The van der Waals surface area contributed by atoms with Gasteiger partial charge in [0.2, 0.25) is 10.0 Å². The summed E-state index contributed by atoms with van der Waals surface area (Å²) in [4.78, 5) is 24.6. The number of amides is 2. The van der Waals surface area contributed by atoms with E-state index < -0.39 is 22.0 Å². The highest BCUT2D eigenvalue weighted by molar-refractivity contribution is 7.89. The average Bonchev–Trinajstić information content (AvgIpc) is 2.80. The lowest BCUT2D eigenvalue weighted by atomic mass is 10.2. The average molecular weight is 462 g/mol. The molecule has 0 bridgehead atoms. The molecule has 0 spiro atoms. The van der Waals surface area contributed by atoms with Gasteiger partial charge in [0.25, 0.3) is 5.91 Å². The summed E-state index contributed by atoms with van der Waals surface area (Å²) in [7, 11) is -2.13. The molecule has 172 valence electrons. The molecular weight excluding hydrogens is 434 g/mol. The summed E-state index contributed by atoms with van der Waals surface area (Å²) in [5.74, 6) is -0.458. The highest BCUT2D eigenvalue weighted by Crippen LogP contribution is 2.22. The number of nitrogens with zero attached hydrogens (tertiary/aromatic N) is 1. The van der Waals surface area contributed by atoms with Crippen LogP contribution in [0.25, 0.3) is 0 Å². The molecule has 10 heteroatoms. The molecule has 1 heterocycles. The zero-order valence-electron chi connectivity index (χ0n) is 17.9. The number of methoxy groups -OCH3 is 1. The summed E-state index contributed by atoms with van der Waals surface area (Å²) in [6.07, 6.45) is 2.06. The van der Waals surface area contributed by atoms with Crippen molar-refractivity contribution in [2.45, 2.75) is 24.2 Å². The third kappa shape index (κ3) is 6.28. The lowest BCUT2D eigenvalue weighted by molar-refractivity contribution is 0.102. The molecule has 1 aliphatic heterocycles. The van der Waals surface area contributed by atoms with Crippen molar-refractivity contribution in [3.63, 3.8) is 0 Å². The van der Waals surface area contributed by atoms with Crippen LogP contribution in [-0.2, 0) is 19.5 Å². The minimum Gasteiger partial charge on any atom is -0.447 e. The second-order valence-electron chi connectivity index (χ2n) is 7.28. The molecule has 3 rings (SSSR count). The van der Waals surface area contributed by atoms with E-state index in [-0.39, 0.29) is 23.7 Å². The normalized spacial score (nSPS) is 14.5. The first-order valence-electron chi connectivity index (χ1n) is 10.3. The maximum Gasteiger partial charge on any atom is 0.411 e. The summed E-state index contributed by atoms with van der Waals surface area (Å²) in [5, 5.41) is 5.29. The topological polar surface area (TPSA) is 114 Å². The molecule has 9 nitrogen and oxygen atoms in total. The second kappa shape index (κ2) is 11.1. The van der Waals surface area contributed by atoms with Crippen LogP contribution >= 0.6 is 0 Å². The molecular formula is C22H27N3O6S. The minimum absolute atomic E-state index is 0.0984. The molecule has 0 radical (unpaired) electrons. The van der Waals surface area contributed by atoms with E-state index in [9.17, 15) is 18.0 Å². The van der Waals surface area contributed by atoms with Gasteiger partial charge in [0.15, 0.2) is 0 Å². The molecule has 2 amide bonds. The van der Waals surface area contributed by atoms with Crippen molar-refractivity contribution in [1.82, 2.24) is 4.31 Å². The number of nitrogens with one attached hydrogen (secondary N) is 2. The molecule has 2 aromatic rings. The van der Waals surface area contributed by atoms with Gasteiger partial charge in [0.1, 0.15) is 6.61 Å². The highest BCUT2D eigenvalue weighted by atomic mass is 32.2. The Morgan fingerprint density at radius 1 is 0.938 bits per heavy atom. The number of ether oxygens (including phenoxy) is 2. The molecule has 1 fully saturated rings. The maximum absolute atomic E-state index is 12.9. The molecule has 1 saturated heterocycles. The molecule has 1 aliphatic rings. The smallest absolute Gasteiger partial charge is 0.411 e. The molecule has 2 aromatic carbocycles. The Bertz CT molecular complexity index is 1050. The number of rotatable bonds is 8. The van der Waals surface area contributed by atoms with Crippen LogP contribution in [0.1, 0.15) is 29.6 Å². The number of hydrogen-bond acceptors (Lipinski definition) is 6. The Morgan fingerprint density at radius 2 is 1.62 bits per heavy atom. The summed E-state index contributed by atoms with van der Waals surface area (Å²) < 4.78 is 37.0. The number of benzene rings is 2. The van der Waals surface area contributed by atoms with E-state index in [2.05, 4.69) is 10.6 Å². The van der Waals surface area contributed by atoms with Crippen molar-refractivity contribution >= 4 is 33.4 Å². The fraction of sp³-hybridized carbons (Fsp3) is 0.364. The van der Waals surface area contributed by atoms with Crippen LogP contribution in [-0.4, -0.2) is 58.1 Å². The van der Waals surface area contributed by atoms with Gasteiger partial charge >= 0.3 is 6.09 Å². The Labute approximate surface area is 187 Å². The maximum atomic E-state index is 12.9. The molecule has 0 saturated carbocycles. The van der Waals surface area contributed by atoms with Crippen molar-refractivity contribution in [3.05, 3.63) is 54.1 Å². The number of piperidine rings is 1. The van der Waals surface area contributed by atoms with Crippen LogP contribution in [0, 0.1) is 0 Å². The van der Waals surface area contributed by atoms with Crippen LogP contribution in [0.5, 0.6) is 0 Å². The Morgan fingerprint density at radius 3 is 2.34 bits per heavy atom. The largest absolute Gasteiger partial charge is 0.447 e. The monoisotopic (exact) mass is 461 g/mol. The summed E-state index contributed by atoms with van der Waals surface area (Å²) in [6.45, 7) is 1.39. The molecule has 0 aromatic heterocycles. The van der Waals surface area contributed by atoms with Crippen molar-refractivity contribution < 1.29 is 27.5 Å². The van der Waals surface area contributed by atoms with E-state index in [1.807, 2.05) is 0 Å². The van der Waals surface area contributed by atoms with Gasteiger partial charge in [-0.05, 0) is 49.2 Å². The first-order valence-corrected chi connectivity index (χ1v) is 11.8. The lowest BCUT2D eigenvalue weighted by Gasteiger charge is -2.26. The molecule has 32 heavy (non-hydrogen) atoms. The molecule has 2 N–H and O–H groups in total. The van der Waals surface area contributed by atoms with Crippen molar-refractivity contribution in [1.29, 1.82) is 0 Å². The Kier molecular flexibility index (Phi) is 8.20. The Balaban J connectivity index is 1.67. The number of hydrogen-bond donors (Lipinski definition) is 2. The van der Waals surface area contributed by atoms with Gasteiger partial charge in [-0.15, -0.1) is 0 Å². The lowest BCUT2D eigenvalue weighted by Crippen LogP contribution is -2.35. The van der Waals surface area contributed by atoms with E-state index in [1.54, 1.807) is 36.4 Å². The van der Waals surface area contributed by atoms with Crippen molar-refractivity contribution in [2.75, 3.05) is 44.0 Å². The third-order valence-corrected chi connectivity index (χ3v) is 6.83. The van der Waals surface area contributed by atoms with E-state index in [1.165, 1.54) is 23.5 Å². The fourth-order valence-corrected chi connectivity index (χ4v) is 4.87. The van der Waals surface area contributed by atoms with Gasteiger partial charge < -0.3 is 14.8 Å². The van der Waals surface area contributed by atoms with Crippen LogP contribution in [0.2, 0.25) is 0 Å². The highest BCUT2D eigenvalue weighted by Gasteiger charge is 2.26. The standard InChI is InChI=1S/C22H27N3O6S/c1-30-13-14-31-22(27)24-19-9-6-8-18(16-19)23-21(26)17-7-5-10-20(15-17)32(28,29)25-11-3-2-4-12-25/h5-10,15-16H,2-4,11-14H2,1H3,(H,23,26)(H,24,27). The number of sulfonamides is 1. The first-order chi connectivity index (χ1) is 15.4. The van der Waals surface area contributed by atoms with Crippen LogP contribution in [0.3, 0.4) is 0 Å². The van der Waals surface area contributed by atoms with Gasteiger partial charge in [0, 0.05) is 37.1 Å². The van der Waals surface area contributed by atoms with E-state index >= 15 is 0 Å². The SMILES string of the molecule is COCCOC(=O)Nc1cccc(NC(=O)c2cccc(S(=O)(=O)N3CCCCC3)c2)c1.